The molecule has 0 radical (unpaired) electrons. The largest absolute Gasteiger partial charge is 0.459 e. The normalized spacial score (nSPS) is 10.9. The minimum absolute atomic E-state index is 0.138. The van der Waals surface area contributed by atoms with Gasteiger partial charge < -0.3 is 19.4 Å². The van der Waals surface area contributed by atoms with Gasteiger partial charge in [-0.1, -0.05) is 11.6 Å². The molecular formula is C20H25ClN2O5S. The summed E-state index contributed by atoms with van der Waals surface area (Å²) in [7, 11) is 0. The van der Waals surface area contributed by atoms with Gasteiger partial charge in [-0.2, -0.15) is 0 Å². The van der Waals surface area contributed by atoms with Gasteiger partial charge in [-0.3, -0.25) is 4.79 Å². The van der Waals surface area contributed by atoms with E-state index >= 15 is 0 Å². The summed E-state index contributed by atoms with van der Waals surface area (Å²) in [5.74, 6) is -1.52. The third-order valence-corrected chi connectivity index (χ3v) is 5.44. The van der Waals surface area contributed by atoms with Crippen LogP contribution in [0.15, 0.2) is 12.1 Å². The minimum atomic E-state index is -0.697. The minimum Gasteiger partial charge on any atom is -0.459 e. The third kappa shape index (κ3) is 5.83. The van der Waals surface area contributed by atoms with Crippen LogP contribution >= 0.6 is 22.9 Å². The number of rotatable bonds is 8. The van der Waals surface area contributed by atoms with Crippen molar-refractivity contribution in [1.29, 1.82) is 0 Å². The number of thiophene rings is 1. The van der Waals surface area contributed by atoms with Crippen LogP contribution in [0.3, 0.4) is 0 Å². The van der Waals surface area contributed by atoms with Gasteiger partial charge >= 0.3 is 11.9 Å². The van der Waals surface area contributed by atoms with Gasteiger partial charge in [0.15, 0.2) is 6.61 Å². The summed E-state index contributed by atoms with van der Waals surface area (Å²) in [4.78, 5) is 42.5. The Morgan fingerprint density at radius 2 is 1.90 bits per heavy atom. The zero-order valence-electron chi connectivity index (χ0n) is 17.1. The topological polar surface area (TPSA) is 88.7 Å². The van der Waals surface area contributed by atoms with Crippen LogP contribution in [0.5, 0.6) is 0 Å². The van der Waals surface area contributed by atoms with E-state index in [4.69, 9.17) is 21.1 Å². The van der Waals surface area contributed by atoms with Crippen molar-refractivity contribution in [1.82, 2.24) is 9.88 Å². The van der Waals surface area contributed by atoms with Crippen molar-refractivity contribution in [3.8, 4) is 0 Å². The molecule has 2 aromatic rings. The Kier molecular flexibility index (Phi) is 7.87. The predicted molar refractivity (Wildman–Crippen MR) is 112 cm³/mol. The first-order valence-corrected chi connectivity index (χ1v) is 10.4. The molecule has 2 rings (SSSR count). The van der Waals surface area contributed by atoms with E-state index in [0.717, 1.165) is 4.88 Å². The second kappa shape index (κ2) is 9.93. The number of halogens is 1. The maximum absolute atomic E-state index is 12.5. The predicted octanol–water partition coefficient (Wildman–Crippen LogP) is 4.12. The maximum Gasteiger partial charge on any atom is 0.355 e. The zero-order chi connectivity index (χ0) is 21.7. The molecule has 0 unspecified atom stereocenters. The first-order chi connectivity index (χ1) is 13.6. The number of nitrogens with zero attached hydrogens (tertiary/aromatic N) is 1. The quantitative estimate of drug-likeness (QED) is 0.624. The van der Waals surface area contributed by atoms with Gasteiger partial charge in [-0.25, -0.2) is 9.59 Å². The number of hydrogen-bond acceptors (Lipinski definition) is 6. The highest BCUT2D eigenvalue weighted by molar-refractivity contribution is 7.16. The molecule has 158 valence electrons. The van der Waals surface area contributed by atoms with Crippen molar-refractivity contribution in [2.24, 2.45) is 0 Å². The Balaban J connectivity index is 2.02. The van der Waals surface area contributed by atoms with Crippen molar-refractivity contribution < 1.29 is 23.9 Å². The molecule has 0 spiro atoms. The Bertz CT molecular complexity index is 903. The highest BCUT2D eigenvalue weighted by atomic mass is 35.5. The number of likely N-dealkylation sites (N-methyl/N-ethyl adjacent to an activating group) is 1. The van der Waals surface area contributed by atoms with Crippen LogP contribution < -0.4 is 0 Å². The lowest BCUT2D eigenvalue weighted by molar-refractivity contribution is -0.134. The molecule has 9 heteroatoms. The van der Waals surface area contributed by atoms with Crippen LogP contribution in [0, 0.1) is 13.8 Å². The fourth-order valence-electron chi connectivity index (χ4n) is 2.83. The molecule has 0 aliphatic rings. The van der Waals surface area contributed by atoms with Crippen molar-refractivity contribution >= 4 is 40.8 Å². The SMILES string of the molecule is CCN(Cc1ccc(Cl)s1)C(=O)COC(=O)c1[nH]c(C)c(C(=O)OC(C)C)c1C. The standard InChI is InChI=1S/C20H25ClN2O5S/c1-6-23(9-14-7-8-15(21)29-14)16(24)10-27-20(26)18-12(4)17(13(5)22-18)19(25)28-11(2)3/h7-8,11,22H,6,9-10H2,1-5H3. The lowest BCUT2D eigenvalue weighted by atomic mass is 10.1. The molecule has 29 heavy (non-hydrogen) atoms. The monoisotopic (exact) mass is 440 g/mol. The number of carbonyl (C=O) groups excluding carboxylic acids is 3. The number of aryl methyl sites for hydroxylation is 1. The third-order valence-electron chi connectivity index (χ3n) is 4.23. The van der Waals surface area contributed by atoms with E-state index in [0.29, 0.717) is 34.2 Å². The van der Waals surface area contributed by atoms with Crippen LogP contribution in [-0.2, 0) is 20.8 Å². The van der Waals surface area contributed by atoms with E-state index in [9.17, 15) is 14.4 Å². The summed E-state index contributed by atoms with van der Waals surface area (Å²) >= 11 is 7.32. The first kappa shape index (κ1) is 23.0. The fourth-order valence-corrected chi connectivity index (χ4v) is 3.93. The molecular weight excluding hydrogens is 416 g/mol. The first-order valence-electron chi connectivity index (χ1n) is 9.23. The van der Waals surface area contributed by atoms with E-state index in [2.05, 4.69) is 4.98 Å². The maximum atomic E-state index is 12.5. The molecule has 0 aromatic carbocycles. The summed E-state index contributed by atoms with van der Waals surface area (Å²) in [5, 5.41) is 0. The average Bonchev–Trinajstić information content (AvgIpc) is 3.18. The van der Waals surface area contributed by atoms with E-state index < -0.39 is 18.5 Å². The zero-order valence-corrected chi connectivity index (χ0v) is 18.7. The molecule has 0 saturated heterocycles. The second-order valence-corrected chi connectivity index (χ2v) is 8.57. The number of nitrogens with one attached hydrogen (secondary N) is 1. The number of ether oxygens (including phenoxy) is 2. The summed E-state index contributed by atoms with van der Waals surface area (Å²) < 4.78 is 11.1. The molecule has 0 saturated carbocycles. The number of carbonyl (C=O) groups is 3. The Morgan fingerprint density at radius 1 is 1.21 bits per heavy atom. The molecule has 1 N–H and O–H groups in total. The highest BCUT2D eigenvalue weighted by Gasteiger charge is 2.25. The van der Waals surface area contributed by atoms with E-state index in [1.54, 1.807) is 38.7 Å². The van der Waals surface area contributed by atoms with Gasteiger partial charge in [-0.05, 0) is 52.3 Å². The summed E-state index contributed by atoms with van der Waals surface area (Å²) in [5.41, 5.74) is 1.39. The highest BCUT2D eigenvalue weighted by Crippen LogP contribution is 2.23. The number of H-pyrrole nitrogens is 1. The molecule has 7 nitrogen and oxygen atoms in total. The van der Waals surface area contributed by atoms with E-state index in [-0.39, 0.29) is 17.7 Å². The van der Waals surface area contributed by atoms with Gasteiger partial charge in [-0.15, -0.1) is 11.3 Å². The lowest BCUT2D eigenvalue weighted by Gasteiger charge is -2.19. The van der Waals surface area contributed by atoms with Crippen LogP contribution in [0.4, 0.5) is 0 Å². The Hall–Kier alpha value is -2.32. The molecule has 2 aromatic heterocycles. The Morgan fingerprint density at radius 3 is 2.45 bits per heavy atom. The van der Waals surface area contributed by atoms with Crippen LogP contribution in [0.2, 0.25) is 4.34 Å². The van der Waals surface area contributed by atoms with Crippen LogP contribution in [0.25, 0.3) is 0 Å². The van der Waals surface area contributed by atoms with Gasteiger partial charge in [0.25, 0.3) is 5.91 Å². The number of esters is 2. The molecule has 0 aliphatic carbocycles. The lowest BCUT2D eigenvalue weighted by Crippen LogP contribution is -2.34. The molecule has 0 bridgehead atoms. The molecule has 1 amide bonds. The van der Waals surface area contributed by atoms with Crippen molar-refractivity contribution in [3.05, 3.63) is 43.9 Å². The number of amides is 1. The summed E-state index contributed by atoms with van der Waals surface area (Å²) in [6.45, 7) is 9.14. The van der Waals surface area contributed by atoms with Gasteiger partial charge in [0, 0.05) is 17.1 Å². The van der Waals surface area contributed by atoms with Crippen molar-refractivity contribution in [2.75, 3.05) is 13.2 Å². The Labute approximate surface area is 178 Å². The second-order valence-electron chi connectivity index (χ2n) is 6.77. The van der Waals surface area contributed by atoms with Crippen molar-refractivity contribution in [3.63, 3.8) is 0 Å². The number of aromatic amines is 1. The van der Waals surface area contributed by atoms with Gasteiger partial charge in [0.1, 0.15) is 5.69 Å². The number of aromatic nitrogens is 1. The van der Waals surface area contributed by atoms with Gasteiger partial charge in [0.05, 0.1) is 22.5 Å². The van der Waals surface area contributed by atoms with Crippen LogP contribution in [0.1, 0.15) is 57.8 Å². The summed E-state index contributed by atoms with van der Waals surface area (Å²) in [6, 6.07) is 3.63. The van der Waals surface area contributed by atoms with Crippen LogP contribution in [-0.4, -0.2) is 47.0 Å². The molecule has 0 atom stereocenters. The molecule has 0 fully saturated rings. The fraction of sp³-hybridized carbons (Fsp3) is 0.450. The average molecular weight is 441 g/mol. The van der Waals surface area contributed by atoms with E-state index in [1.807, 2.05) is 13.0 Å². The smallest absolute Gasteiger partial charge is 0.355 e. The number of hydrogen-bond donors (Lipinski definition) is 1. The van der Waals surface area contributed by atoms with E-state index in [1.165, 1.54) is 11.3 Å². The van der Waals surface area contributed by atoms with Gasteiger partial charge in [0.2, 0.25) is 0 Å². The molecule has 2 heterocycles. The molecule has 0 aliphatic heterocycles. The summed E-state index contributed by atoms with van der Waals surface area (Å²) in [6.07, 6.45) is -0.275. The van der Waals surface area contributed by atoms with Crippen molar-refractivity contribution in [2.45, 2.75) is 47.3 Å².